The molecule has 0 spiro atoms. The van der Waals surface area contributed by atoms with Gasteiger partial charge in [0.2, 0.25) is 0 Å². The summed E-state index contributed by atoms with van der Waals surface area (Å²) in [6, 6.07) is 2.85. The van der Waals surface area contributed by atoms with Crippen LogP contribution < -0.4 is 0 Å². The Morgan fingerprint density at radius 2 is 1.79 bits per heavy atom. The van der Waals surface area contributed by atoms with Crippen LogP contribution in [0.2, 0.25) is 0 Å². The summed E-state index contributed by atoms with van der Waals surface area (Å²) in [5.41, 5.74) is -0.270. The number of ether oxygens (including phenoxy) is 1. The maximum absolute atomic E-state index is 13.8. The largest absolute Gasteiger partial charge is 0.368 e. The molecule has 2 aliphatic heterocycles. The van der Waals surface area contributed by atoms with Crippen LogP contribution in [0.3, 0.4) is 0 Å². The Morgan fingerprint density at radius 1 is 1.04 bits per heavy atom. The number of benzene rings is 1. The van der Waals surface area contributed by atoms with Gasteiger partial charge in [0, 0.05) is 32.8 Å². The molecule has 1 unspecified atom stereocenters. The molecule has 2 amide bonds. The van der Waals surface area contributed by atoms with Crippen molar-refractivity contribution in [2.24, 2.45) is 0 Å². The molecule has 130 valence electrons. The second kappa shape index (κ2) is 7.25. The van der Waals surface area contributed by atoms with Crippen LogP contribution in [0.4, 0.5) is 8.78 Å². The zero-order valence-corrected chi connectivity index (χ0v) is 13.3. The van der Waals surface area contributed by atoms with Gasteiger partial charge in [0.05, 0.1) is 5.56 Å². The molecular weight excluding hydrogens is 318 g/mol. The molecule has 24 heavy (non-hydrogen) atoms. The summed E-state index contributed by atoms with van der Waals surface area (Å²) in [6.07, 6.45) is 1.83. The lowest BCUT2D eigenvalue weighted by atomic mass is 10.1. The van der Waals surface area contributed by atoms with Crippen molar-refractivity contribution in [1.29, 1.82) is 0 Å². The van der Waals surface area contributed by atoms with E-state index in [9.17, 15) is 18.4 Å². The second-order valence-electron chi connectivity index (χ2n) is 6.10. The van der Waals surface area contributed by atoms with Gasteiger partial charge in [-0.15, -0.1) is 0 Å². The van der Waals surface area contributed by atoms with E-state index >= 15 is 0 Å². The highest BCUT2D eigenvalue weighted by Crippen LogP contribution is 2.18. The first-order valence-corrected chi connectivity index (χ1v) is 8.21. The zero-order valence-electron chi connectivity index (χ0n) is 13.3. The number of halogens is 2. The van der Waals surface area contributed by atoms with Crippen molar-refractivity contribution in [3.63, 3.8) is 0 Å². The topological polar surface area (TPSA) is 49.9 Å². The maximum atomic E-state index is 13.8. The van der Waals surface area contributed by atoms with Crippen molar-refractivity contribution in [2.45, 2.75) is 25.4 Å². The van der Waals surface area contributed by atoms with Crippen molar-refractivity contribution < 1.29 is 23.1 Å². The Kier molecular flexibility index (Phi) is 5.08. The van der Waals surface area contributed by atoms with E-state index in [2.05, 4.69) is 0 Å². The van der Waals surface area contributed by atoms with Crippen LogP contribution >= 0.6 is 0 Å². The molecule has 0 aliphatic carbocycles. The second-order valence-corrected chi connectivity index (χ2v) is 6.10. The van der Waals surface area contributed by atoms with Crippen molar-refractivity contribution in [1.82, 2.24) is 9.80 Å². The molecule has 1 atom stereocenters. The predicted octanol–water partition coefficient (Wildman–Crippen LogP) is 1.82. The molecule has 1 aromatic carbocycles. The van der Waals surface area contributed by atoms with Gasteiger partial charge in [0.15, 0.2) is 0 Å². The molecule has 1 aromatic rings. The van der Waals surface area contributed by atoms with Gasteiger partial charge < -0.3 is 14.5 Å². The minimum absolute atomic E-state index is 0.0428. The average Bonchev–Trinajstić information content (AvgIpc) is 3.00. The normalized spacial score (nSPS) is 21.7. The highest BCUT2D eigenvalue weighted by atomic mass is 19.1. The number of hydrogen-bond acceptors (Lipinski definition) is 3. The van der Waals surface area contributed by atoms with Gasteiger partial charge >= 0.3 is 0 Å². The van der Waals surface area contributed by atoms with Crippen molar-refractivity contribution in [3.05, 3.63) is 35.4 Å². The van der Waals surface area contributed by atoms with E-state index in [1.807, 2.05) is 0 Å². The zero-order chi connectivity index (χ0) is 17.1. The number of amides is 2. The fraction of sp³-hybridized carbons (Fsp3) is 0.529. The lowest BCUT2D eigenvalue weighted by molar-refractivity contribution is -0.140. The van der Waals surface area contributed by atoms with Crippen molar-refractivity contribution >= 4 is 11.8 Å². The van der Waals surface area contributed by atoms with E-state index in [0.29, 0.717) is 39.2 Å². The maximum Gasteiger partial charge on any atom is 0.256 e. The molecule has 7 heteroatoms. The van der Waals surface area contributed by atoms with Gasteiger partial charge in [-0.25, -0.2) is 8.78 Å². The molecule has 0 saturated carbocycles. The molecular formula is C17H20F2N2O3. The smallest absolute Gasteiger partial charge is 0.256 e. The summed E-state index contributed by atoms with van der Waals surface area (Å²) in [6.45, 7) is 2.22. The van der Waals surface area contributed by atoms with E-state index < -0.39 is 17.5 Å². The Morgan fingerprint density at radius 3 is 2.54 bits per heavy atom. The number of rotatable bonds is 2. The van der Waals surface area contributed by atoms with Gasteiger partial charge in [0.1, 0.15) is 17.7 Å². The third kappa shape index (κ3) is 3.56. The molecule has 0 bridgehead atoms. The van der Waals surface area contributed by atoms with Crippen molar-refractivity contribution in [3.8, 4) is 0 Å². The Hall–Kier alpha value is -2.02. The summed E-state index contributed by atoms with van der Waals surface area (Å²) in [4.78, 5) is 28.0. The lowest BCUT2D eigenvalue weighted by Gasteiger charge is -2.24. The van der Waals surface area contributed by atoms with E-state index in [0.717, 1.165) is 31.0 Å². The van der Waals surface area contributed by atoms with E-state index in [1.165, 1.54) is 4.90 Å². The minimum Gasteiger partial charge on any atom is -0.368 e. The van der Waals surface area contributed by atoms with E-state index in [4.69, 9.17) is 4.74 Å². The first-order valence-electron chi connectivity index (χ1n) is 8.21. The standard InChI is InChI=1S/C17H20F2N2O3/c18-12-4-5-14(19)13(11-12)16(22)20-6-2-7-21(9-8-20)17(23)15-3-1-10-24-15/h4-5,11,15H,1-3,6-10H2. The number of carbonyl (C=O) groups excluding carboxylic acids is 2. The van der Waals surface area contributed by atoms with Crippen LogP contribution in [0.1, 0.15) is 29.6 Å². The summed E-state index contributed by atoms with van der Waals surface area (Å²) in [5, 5.41) is 0. The van der Waals surface area contributed by atoms with Gasteiger partial charge in [0.25, 0.3) is 11.8 Å². The quantitative estimate of drug-likeness (QED) is 0.826. The van der Waals surface area contributed by atoms with Gasteiger partial charge in [-0.3, -0.25) is 9.59 Å². The molecule has 2 fully saturated rings. The summed E-state index contributed by atoms with van der Waals surface area (Å²) in [7, 11) is 0. The SMILES string of the molecule is O=C(c1cc(F)ccc1F)N1CCCN(C(=O)C2CCCO2)CC1. The van der Waals surface area contributed by atoms with Crippen LogP contribution in [-0.2, 0) is 9.53 Å². The fourth-order valence-corrected chi connectivity index (χ4v) is 3.15. The average molecular weight is 338 g/mol. The molecule has 0 radical (unpaired) electrons. The molecule has 2 heterocycles. The van der Waals surface area contributed by atoms with Gasteiger partial charge in [-0.2, -0.15) is 0 Å². The molecule has 0 aromatic heterocycles. The minimum atomic E-state index is -0.738. The van der Waals surface area contributed by atoms with Crippen LogP contribution in [0, 0.1) is 11.6 Å². The molecule has 3 rings (SSSR count). The number of carbonyl (C=O) groups is 2. The van der Waals surface area contributed by atoms with E-state index in [1.54, 1.807) is 4.90 Å². The highest BCUT2D eigenvalue weighted by molar-refractivity contribution is 5.94. The van der Waals surface area contributed by atoms with Gasteiger partial charge in [-0.05, 0) is 37.5 Å². The predicted molar refractivity (Wildman–Crippen MR) is 82.4 cm³/mol. The Labute approximate surface area is 139 Å². The third-order valence-corrected chi connectivity index (χ3v) is 4.46. The summed E-state index contributed by atoms with van der Waals surface area (Å²) < 4.78 is 32.5. The van der Waals surface area contributed by atoms with Crippen LogP contribution in [0.5, 0.6) is 0 Å². The molecule has 2 saturated heterocycles. The van der Waals surface area contributed by atoms with Crippen LogP contribution in [0.25, 0.3) is 0 Å². The summed E-state index contributed by atoms with van der Waals surface area (Å²) >= 11 is 0. The number of hydrogen-bond donors (Lipinski definition) is 0. The monoisotopic (exact) mass is 338 g/mol. The fourth-order valence-electron chi connectivity index (χ4n) is 3.15. The first-order chi connectivity index (χ1) is 11.6. The first kappa shape index (κ1) is 16.8. The molecule has 0 N–H and O–H groups in total. The Balaban J connectivity index is 1.65. The van der Waals surface area contributed by atoms with Crippen molar-refractivity contribution in [2.75, 3.05) is 32.8 Å². The third-order valence-electron chi connectivity index (χ3n) is 4.46. The summed E-state index contributed by atoms with van der Waals surface area (Å²) in [5.74, 6) is -1.97. The van der Waals surface area contributed by atoms with Gasteiger partial charge in [-0.1, -0.05) is 0 Å². The highest BCUT2D eigenvalue weighted by Gasteiger charge is 2.30. The molecule has 5 nitrogen and oxygen atoms in total. The number of nitrogens with zero attached hydrogens (tertiary/aromatic N) is 2. The molecule has 2 aliphatic rings. The lowest BCUT2D eigenvalue weighted by Crippen LogP contribution is -2.42. The van der Waals surface area contributed by atoms with E-state index in [-0.39, 0.29) is 17.6 Å². The Bertz CT molecular complexity index is 632. The van der Waals surface area contributed by atoms with Crippen LogP contribution in [0.15, 0.2) is 18.2 Å². The van der Waals surface area contributed by atoms with Crippen LogP contribution in [-0.4, -0.2) is 60.5 Å².